The van der Waals surface area contributed by atoms with Crippen LogP contribution in [0.15, 0.2) is 59.0 Å². The summed E-state index contributed by atoms with van der Waals surface area (Å²) in [4.78, 5) is 36.5. The van der Waals surface area contributed by atoms with Crippen LogP contribution >= 0.6 is 0 Å². The molecule has 0 spiro atoms. The number of furan rings is 1. The van der Waals surface area contributed by atoms with E-state index < -0.39 is 23.5 Å². The second-order valence-corrected chi connectivity index (χ2v) is 6.06. The van der Waals surface area contributed by atoms with Crippen LogP contribution in [0, 0.1) is 5.82 Å². The smallest absolute Gasteiger partial charge is 0.291 e. The molecule has 0 saturated heterocycles. The average Bonchev–Trinajstić information content (AvgIpc) is 3.22. The van der Waals surface area contributed by atoms with Gasteiger partial charge in [-0.05, 0) is 42.5 Å². The van der Waals surface area contributed by atoms with Crippen LogP contribution in [0.5, 0.6) is 0 Å². The maximum absolute atomic E-state index is 13.9. The molecule has 0 bridgehead atoms. The zero-order chi connectivity index (χ0) is 21.0. The largest absolute Gasteiger partial charge is 0.451 e. The van der Waals surface area contributed by atoms with Crippen molar-refractivity contribution in [2.24, 2.45) is 0 Å². The summed E-state index contributed by atoms with van der Waals surface area (Å²) < 4.78 is 19.4. The van der Waals surface area contributed by atoms with Crippen molar-refractivity contribution in [2.45, 2.75) is 0 Å². The van der Waals surface area contributed by atoms with Gasteiger partial charge in [-0.25, -0.2) is 4.39 Å². The van der Waals surface area contributed by atoms with Crippen molar-refractivity contribution in [3.05, 3.63) is 77.3 Å². The number of anilines is 1. The summed E-state index contributed by atoms with van der Waals surface area (Å²) in [6.45, 7) is 0. The lowest BCUT2D eigenvalue weighted by molar-refractivity contribution is 0.0958. The first-order valence-electron chi connectivity index (χ1n) is 8.68. The molecule has 0 saturated carbocycles. The van der Waals surface area contributed by atoms with E-state index in [2.05, 4.69) is 16.0 Å². The third-order valence-corrected chi connectivity index (χ3v) is 4.14. The summed E-state index contributed by atoms with van der Waals surface area (Å²) in [5, 5.41) is 7.52. The first kappa shape index (κ1) is 19.8. The van der Waals surface area contributed by atoms with Gasteiger partial charge in [0, 0.05) is 30.9 Å². The van der Waals surface area contributed by atoms with E-state index in [1.54, 1.807) is 18.2 Å². The van der Waals surface area contributed by atoms with Crippen molar-refractivity contribution in [1.82, 2.24) is 10.6 Å². The molecule has 0 aliphatic rings. The van der Waals surface area contributed by atoms with Crippen LogP contribution in [0.25, 0.3) is 11.3 Å². The summed E-state index contributed by atoms with van der Waals surface area (Å²) in [5.41, 5.74) is 0.874. The predicted octanol–water partition coefficient (Wildman–Crippen LogP) is 3.06. The van der Waals surface area contributed by atoms with E-state index >= 15 is 0 Å². The van der Waals surface area contributed by atoms with Crippen molar-refractivity contribution in [1.29, 1.82) is 0 Å². The van der Waals surface area contributed by atoms with Gasteiger partial charge in [-0.3, -0.25) is 14.4 Å². The minimum absolute atomic E-state index is 0.0462. The Morgan fingerprint density at radius 2 is 1.45 bits per heavy atom. The highest BCUT2D eigenvalue weighted by Gasteiger charge is 2.17. The fourth-order valence-electron chi connectivity index (χ4n) is 2.71. The van der Waals surface area contributed by atoms with Crippen molar-refractivity contribution in [2.75, 3.05) is 19.4 Å². The number of carbonyl (C=O) groups excluding carboxylic acids is 3. The monoisotopic (exact) mass is 395 g/mol. The molecule has 0 unspecified atom stereocenters. The van der Waals surface area contributed by atoms with E-state index in [9.17, 15) is 18.8 Å². The first-order valence-corrected chi connectivity index (χ1v) is 8.68. The zero-order valence-electron chi connectivity index (χ0n) is 15.7. The number of benzene rings is 2. The van der Waals surface area contributed by atoms with Crippen molar-refractivity contribution >= 4 is 23.4 Å². The van der Waals surface area contributed by atoms with Crippen LogP contribution in [-0.4, -0.2) is 31.8 Å². The van der Waals surface area contributed by atoms with Crippen LogP contribution in [0.1, 0.15) is 31.3 Å². The van der Waals surface area contributed by atoms with Crippen LogP contribution < -0.4 is 16.0 Å². The summed E-state index contributed by atoms with van der Waals surface area (Å²) in [5.74, 6) is -1.74. The molecule has 3 N–H and O–H groups in total. The molecule has 0 atom stereocenters. The lowest BCUT2D eigenvalue weighted by Gasteiger charge is -2.09. The molecule has 29 heavy (non-hydrogen) atoms. The Balaban J connectivity index is 1.88. The minimum Gasteiger partial charge on any atom is -0.451 e. The summed E-state index contributed by atoms with van der Waals surface area (Å²) in [6.07, 6.45) is 0. The van der Waals surface area contributed by atoms with Gasteiger partial charge in [0.05, 0.1) is 5.56 Å². The van der Waals surface area contributed by atoms with Gasteiger partial charge in [0.15, 0.2) is 5.76 Å². The quantitative estimate of drug-likeness (QED) is 0.618. The Morgan fingerprint density at radius 1 is 0.828 bits per heavy atom. The topological polar surface area (TPSA) is 100 Å². The molecule has 0 aliphatic carbocycles. The van der Waals surface area contributed by atoms with Crippen molar-refractivity contribution < 1.29 is 23.2 Å². The molecule has 0 radical (unpaired) electrons. The minimum atomic E-state index is -0.607. The Morgan fingerprint density at radius 3 is 2.03 bits per heavy atom. The fourth-order valence-corrected chi connectivity index (χ4v) is 2.71. The average molecular weight is 395 g/mol. The highest BCUT2D eigenvalue weighted by Crippen LogP contribution is 2.25. The van der Waals surface area contributed by atoms with Crippen LogP contribution in [-0.2, 0) is 0 Å². The Hall–Kier alpha value is -3.94. The molecule has 8 heteroatoms. The van der Waals surface area contributed by atoms with Gasteiger partial charge in [-0.15, -0.1) is 0 Å². The highest BCUT2D eigenvalue weighted by atomic mass is 19.1. The number of amides is 3. The second-order valence-electron chi connectivity index (χ2n) is 6.06. The SMILES string of the molecule is CNC(=O)c1cc(NC(=O)c2ccc(-c3ccccc3F)o2)cc(C(=O)NC)c1. The molecule has 1 aromatic heterocycles. The van der Waals surface area contributed by atoms with Crippen LogP contribution in [0.2, 0.25) is 0 Å². The number of hydrogen-bond acceptors (Lipinski definition) is 4. The molecular weight excluding hydrogens is 377 g/mol. The highest BCUT2D eigenvalue weighted by molar-refractivity contribution is 6.06. The van der Waals surface area contributed by atoms with E-state index in [0.29, 0.717) is 0 Å². The molecule has 3 aromatic rings. The molecule has 0 aliphatic heterocycles. The Labute approximate surface area is 165 Å². The lowest BCUT2D eigenvalue weighted by atomic mass is 10.1. The van der Waals surface area contributed by atoms with E-state index in [4.69, 9.17) is 4.42 Å². The number of hydrogen-bond donors (Lipinski definition) is 3. The number of halogens is 1. The first-order chi connectivity index (χ1) is 13.9. The Kier molecular flexibility index (Phi) is 5.73. The zero-order valence-corrected chi connectivity index (χ0v) is 15.7. The number of carbonyl (C=O) groups is 3. The van der Waals surface area contributed by atoms with Gasteiger partial charge in [-0.1, -0.05) is 12.1 Å². The number of nitrogens with one attached hydrogen (secondary N) is 3. The Bertz CT molecular complexity index is 1060. The van der Waals surface area contributed by atoms with Crippen LogP contribution in [0.3, 0.4) is 0 Å². The molecule has 0 fully saturated rings. The molecule has 3 amide bonds. The lowest BCUT2D eigenvalue weighted by Crippen LogP contribution is -2.22. The van der Waals surface area contributed by atoms with E-state index in [0.717, 1.165) is 0 Å². The normalized spacial score (nSPS) is 10.3. The fraction of sp³-hybridized carbons (Fsp3) is 0.0952. The third kappa shape index (κ3) is 4.32. The summed E-state index contributed by atoms with van der Waals surface area (Å²) in [6, 6.07) is 13.2. The van der Waals surface area contributed by atoms with Gasteiger partial charge < -0.3 is 20.4 Å². The van der Waals surface area contributed by atoms with Gasteiger partial charge in [-0.2, -0.15) is 0 Å². The van der Waals surface area contributed by atoms with E-state index in [-0.39, 0.29) is 33.9 Å². The molecule has 3 rings (SSSR count). The molecule has 1 heterocycles. The summed E-state index contributed by atoms with van der Waals surface area (Å²) >= 11 is 0. The van der Waals surface area contributed by atoms with Gasteiger partial charge in [0.2, 0.25) is 0 Å². The van der Waals surface area contributed by atoms with E-state index in [1.807, 2.05) is 0 Å². The van der Waals surface area contributed by atoms with Gasteiger partial charge in [0.25, 0.3) is 17.7 Å². The second kappa shape index (κ2) is 8.39. The molecule has 148 valence electrons. The van der Waals surface area contributed by atoms with Crippen molar-refractivity contribution in [3.8, 4) is 11.3 Å². The van der Waals surface area contributed by atoms with Gasteiger partial charge >= 0.3 is 0 Å². The molecular formula is C21H18FN3O4. The predicted molar refractivity (Wildman–Crippen MR) is 105 cm³/mol. The van der Waals surface area contributed by atoms with Crippen molar-refractivity contribution in [3.63, 3.8) is 0 Å². The summed E-state index contributed by atoms with van der Waals surface area (Å²) in [7, 11) is 2.92. The molecule has 2 aromatic carbocycles. The maximum atomic E-state index is 13.9. The molecule has 7 nitrogen and oxygen atoms in total. The third-order valence-electron chi connectivity index (χ3n) is 4.14. The maximum Gasteiger partial charge on any atom is 0.291 e. The van der Waals surface area contributed by atoms with Crippen LogP contribution in [0.4, 0.5) is 10.1 Å². The standard InChI is InChI=1S/C21H18FN3O4/c1-23-19(26)12-9-13(20(27)24-2)11-14(10-12)25-21(28)18-8-7-17(29-18)15-5-3-4-6-16(15)22/h3-11H,1-2H3,(H,23,26)(H,24,27)(H,25,28). The number of rotatable bonds is 5. The van der Waals surface area contributed by atoms with Gasteiger partial charge in [0.1, 0.15) is 11.6 Å². The van der Waals surface area contributed by atoms with E-state index in [1.165, 1.54) is 50.5 Å².